The maximum Gasteiger partial charge on any atom is 0.242 e. The molecule has 7 heteroatoms. The van der Waals surface area contributed by atoms with Gasteiger partial charge in [-0.05, 0) is 36.8 Å². The Labute approximate surface area is 191 Å². The molecule has 0 unspecified atom stereocenters. The smallest absolute Gasteiger partial charge is 0.242 e. The number of nitrogens with zero attached hydrogens (tertiary/aromatic N) is 3. The Bertz CT molecular complexity index is 1270. The monoisotopic (exact) mass is 445 g/mol. The molecule has 32 heavy (non-hydrogen) atoms. The lowest BCUT2D eigenvalue weighted by Gasteiger charge is -2.36. The van der Waals surface area contributed by atoms with Gasteiger partial charge < -0.3 is 20.1 Å². The highest BCUT2D eigenvalue weighted by atomic mass is 35.5. The fourth-order valence-corrected chi connectivity index (χ4v) is 4.49. The van der Waals surface area contributed by atoms with E-state index in [1.807, 2.05) is 60.5 Å². The minimum atomic E-state index is 0.134. The van der Waals surface area contributed by atoms with Crippen molar-refractivity contribution in [3.63, 3.8) is 0 Å². The molecular formula is C25H24ClN5O. The Morgan fingerprint density at radius 3 is 2.78 bits per heavy atom. The summed E-state index contributed by atoms with van der Waals surface area (Å²) < 4.78 is 0. The van der Waals surface area contributed by atoms with Crippen LogP contribution in [0.4, 0.5) is 17.2 Å². The summed E-state index contributed by atoms with van der Waals surface area (Å²) in [6, 6.07) is 18.0. The van der Waals surface area contributed by atoms with Gasteiger partial charge in [-0.1, -0.05) is 41.9 Å². The molecule has 2 aromatic heterocycles. The average Bonchev–Trinajstić information content (AvgIpc) is 3.27. The highest BCUT2D eigenvalue weighted by Gasteiger charge is 2.25. The third-order valence-corrected chi connectivity index (χ3v) is 6.24. The predicted octanol–water partition coefficient (Wildman–Crippen LogP) is 5.12. The van der Waals surface area contributed by atoms with E-state index in [2.05, 4.69) is 32.3 Å². The maximum absolute atomic E-state index is 12.8. The van der Waals surface area contributed by atoms with Crippen molar-refractivity contribution in [1.82, 2.24) is 14.9 Å². The van der Waals surface area contributed by atoms with Crippen LogP contribution in [0.2, 0.25) is 5.02 Å². The summed E-state index contributed by atoms with van der Waals surface area (Å²) in [7, 11) is 0. The van der Waals surface area contributed by atoms with Gasteiger partial charge >= 0.3 is 0 Å². The number of anilines is 3. The number of benzene rings is 2. The second kappa shape index (κ2) is 8.55. The number of aromatic amines is 1. The lowest BCUT2D eigenvalue weighted by atomic mass is 10.1. The second-order valence-corrected chi connectivity index (χ2v) is 8.46. The van der Waals surface area contributed by atoms with Gasteiger partial charge in [0.25, 0.3) is 0 Å². The molecule has 3 heterocycles. The predicted molar refractivity (Wildman–Crippen MR) is 130 cm³/mol. The quantitative estimate of drug-likeness (QED) is 0.447. The van der Waals surface area contributed by atoms with Crippen LogP contribution in [0.25, 0.3) is 10.9 Å². The first-order valence-electron chi connectivity index (χ1n) is 10.6. The van der Waals surface area contributed by atoms with Crippen molar-refractivity contribution < 1.29 is 4.79 Å². The number of hydrogen-bond donors (Lipinski definition) is 2. The molecule has 0 bridgehead atoms. The zero-order valence-electron chi connectivity index (χ0n) is 17.8. The van der Waals surface area contributed by atoms with Crippen LogP contribution >= 0.6 is 11.6 Å². The summed E-state index contributed by atoms with van der Waals surface area (Å²) in [6.07, 6.45) is 3.65. The Hall–Kier alpha value is -3.51. The molecule has 2 N–H and O–H groups in total. The fourth-order valence-electron chi connectivity index (χ4n) is 4.21. The van der Waals surface area contributed by atoms with E-state index >= 15 is 0 Å². The number of halogens is 1. The molecule has 162 valence electrons. The molecule has 1 aliphatic heterocycles. The zero-order valence-corrected chi connectivity index (χ0v) is 18.6. The van der Waals surface area contributed by atoms with Gasteiger partial charge in [0, 0.05) is 59.9 Å². The number of carbonyl (C=O) groups is 1. The summed E-state index contributed by atoms with van der Waals surface area (Å²) in [5.74, 6) is 0.887. The molecule has 1 fully saturated rings. The first kappa shape index (κ1) is 20.4. The van der Waals surface area contributed by atoms with Gasteiger partial charge in [0.1, 0.15) is 5.82 Å². The standard InChI is InChI=1S/C25H24ClN5O/c1-17-23(30-11-12-31(24(32)16-30)15-18-5-3-2-4-6-18)8-10-28-25(17)29-19-13-21(26)20-7-9-27-22(20)14-19/h2-10,13-14,27H,11-12,15-16H2,1H3,(H,28,29). The van der Waals surface area contributed by atoms with E-state index < -0.39 is 0 Å². The highest BCUT2D eigenvalue weighted by molar-refractivity contribution is 6.35. The lowest BCUT2D eigenvalue weighted by Crippen LogP contribution is -2.50. The van der Waals surface area contributed by atoms with Crippen LogP contribution in [-0.4, -0.2) is 40.4 Å². The number of amides is 1. The van der Waals surface area contributed by atoms with E-state index in [-0.39, 0.29) is 5.91 Å². The summed E-state index contributed by atoms with van der Waals surface area (Å²) in [5.41, 5.74) is 5.00. The molecule has 2 aromatic carbocycles. The summed E-state index contributed by atoms with van der Waals surface area (Å²) in [4.78, 5) is 24.6. The fraction of sp³-hybridized carbons (Fsp3) is 0.200. The molecule has 6 nitrogen and oxygen atoms in total. The van der Waals surface area contributed by atoms with Gasteiger partial charge in [-0.25, -0.2) is 4.98 Å². The maximum atomic E-state index is 12.8. The van der Waals surface area contributed by atoms with Crippen LogP contribution in [0.5, 0.6) is 0 Å². The van der Waals surface area contributed by atoms with Crippen LogP contribution in [0, 0.1) is 6.92 Å². The minimum Gasteiger partial charge on any atom is -0.361 e. The minimum absolute atomic E-state index is 0.134. The third kappa shape index (κ3) is 4.01. The molecule has 5 rings (SSSR count). The van der Waals surface area contributed by atoms with Crippen molar-refractivity contribution in [2.24, 2.45) is 0 Å². The number of aromatic nitrogens is 2. The van der Waals surface area contributed by atoms with Crippen molar-refractivity contribution in [2.45, 2.75) is 13.5 Å². The van der Waals surface area contributed by atoms with Gasteiger partial charge in [-0.3, -0.25) is 4.79 Å². The van der Waals surface area contributed by atoms with Gasteiger partial charge in [-0.15, -0.1) is 0 Å². The van der Waals surface area contributed by atoms with Crippen molar-refractivity contribution >= 4 is 45.6 Å². The number of rotatable bonds is 5. The molecule has 4 aromatic rings. The van der Waals surface area contributed by atoms with E-state index in [0.29, 0.717) is 24.7 Å². The second-order valence-electron chi connectivity index (χ2n) is 8.05. The summed E-state index contributed by atoms with van der Waals surface area (Å²) in [6.45, 7) is 4.51. The Balaban J connectivity index is 1.33. The molecule has 1 saturated heterocycles. The lowest BCUT2D eigenvalue weighted by molar-refractivity contribution is -0.131. The van der Waals surface area contributed by atoms with E-state index in [1.165, 1.54) is 0 Å². The Morgan fingerprint density at radius 2 is 1.97 bits per heavy atom. The molecule has 0 aliphatic carbocycles. The molecule has 0 spiro atoms. The van der Waals surface area contributed by atoms with Crippen LogP contribution in [0.3, 0.4) is 0 Å². The van der Waals surface area contributed by atoms with Crippen molar-refractivity contribution in [1.29, 1.82) is 0 Å². The number of H-pyrrole nitrogens is 1. The summed E-state index contributed by atoms with van der Waals surface area (Å²) in [5, 5.41) is 5.06. The van der Waals surface area contributed by atoms with E-state index in [1.54, 1.807) is 6.20 Å². The van der Waals surface area contributed by atoms with E-state index in [4.69, 9.17) is 11.6 Å². The van der Waals surface area contributed by atoms with Gasteiger partial charge in [0.15, 0.2) is 0 Å². The van der Waals surface area contributed by atoms with E-state index in [9.17, 15) is 4.79 Å². The molecule has 0 radical (unpaired) electrons. The van der Waals surface area contributed by atoms with Crippen molar-refractivity contribution in [3.8, 4) is 0 Å². The SMILES string of the molecule is Cc1c(N2CCN(Cc3ccccc3)C(=O)C2)ccnc1Nc1cc(Cl)c2cc[nH]c2c1. The van der Waals surface area contributed by atoms with Crippen LogP contribution in [0.15, 0.2) is 67.0 Å². The first-order valence-corrected chi connectivity index (χ1v) is 11.0. The Kier molecular flexibility index (Phi) is 5.45. The molecule has 1 amide bonds. The number of carbonyl (C=O) groups excluding carboxylic acids is 1. The first-order chi connectivity index (χ1) is 15.6. The van der Waals surface area contributed by atoms with E-state index in [0.717, 1.165) is 45.8 Å². The van der Waals surface area contributed by atoms with Gasteiger partial charge in [0.05, 0.1) is 11.6 Å². The summed E-state index contributed by atoms with van der Waals surface area (Å²) >= 11 is 6.42. The zero-order chi connectivity index (χ0) is 22.1. The number of piperazine rings is 1. The van der Waals surface area contributed by atoms with Crippen LogP contribution in [-0.2, 0) is 11.3 Å². The molecule has 0 atom stereocenters. The number of nitrogens with one attached hydrogen (secondary N) is 2. The topological polar surface area (TPSA) is 64.3 Å². The molecule has 1 aliphatic rings. The van der Waals surface area contributed by atoms with Gasteiger partial charge in [0.2, 0.25) is 5.91 Å². The van der Waals surface area contributed by atoms with Crippen molar-refractivity contribution in [2.75, 3.05) is 29.9 Å². The number of fused-ring (bicyclic) bond motifs is 1. The Morgan fingerprint density at radius 1 is 1.12 bits per heavy atom. The van der Waals surface area contributed by atoms with Gasteiger partial charge in [-0.2, -0.15) is 0 Å². The van der Waals surface area contributed by atoms with Crippen LogP contribution in [0.1, 0.15) is 11.1 Å². The normalized spacial score (nSPS) is 14.2. The third-order valence-electron chi connectivity index (χ3n) is 5.93. The number of pyridine rings is 1. The molecule has 0 saturated carbocycles. The van der Waals surface area contributed by atoms with Crippen molar-refractivity contribution in [3.05, 3.63) is 83.1 Å². The van der Waals surface area contributed by atoms with Crippen LogP contribution < -0.4 is 10.2 Å². The highest BCUT2D eigenvalue weighted by Crippen LogP contribution is 2.32. The average molecular weight is 446 g/mol. The number of hydrogen-bond acceptors (Lipinski definition) is 4. The molecular weight excluding hydrogens is 422 g/mol. The largest absolute Gasteiger partial charge is 0.361 e.